The number of aromatic nitrogens is 1. The number of pyridine rings is 1. The Balaban J connectivity index is 2.12. The molecule has 1 aliphatic heterocycles. The predicted molar refractivity (Wildman–Crippen MR) is 59.9 cm³/mol. The van der Waals surface area contributed by atoms with Crippen LogP contribution in [0.5, 0.6) is 5.88 Å². The molecule has 1 aromatic heterocycles. The lowest BCUT2D eigenvalue weighted by Crippen LogP contribution is -2.43. The average molecular weight is 224 g/mol. The first-order valence-corrected chi connectivity index (χ1v) is 5.20. The molecule has 2 heterocycles. The van der Waals surface area contributed by atoms with Crippen molar-refractivity contribution in [3.05, 3.63) is 25.1 Å². The summed E-state index contributed by atoms with van der Waals surface area (Å²) in [7, 11) is 5.28. The predicted octanol–water partition coefficient (Wildman–Crippen LogP) is 1.14. The first-order valence-electron chi connectivity index (χ1n) is 5.20. The van der Waals surface area contributed by atoms with Crippen LogP contribution in [-0.4, -0.2) is 43.2 Å². The number of ether oxygens (including phenoxy) is 1. The van der Waals surface area contributed by atoms with Crippen LogP contribution in [-0.2, 0) is 0 Å². The fourth-order valence-corrected chi connectivity index (χ4v) is 1.74. The Bertz CT molecular complexity index is 364. The molecule has 0 bridgehead atoms. The molecule has 4 nitrogen and oxygen atoms in total. The number of halogens is 1. The summed E-state index contributed by atoms with van der Waals surface area (Å²) in [6, 6.07) is 1.46. The normalized spacial score (nSPS) is 17.6. The van der Waals surface area contributed by atoms with E-state index in [9.17, 15) is 4.39 Å². The van der Waals surface area contributed by atoms with Gasteiger partial charge in [-0.15, -0.1) is 0 Å². The van der Waals surface area contributed by atoms with Crippen LogP contribution in [0.2, 0.25) is 0 Å². The minimum Gasteiger partial charge on any atom is -0.479 e. The largest absolute Gasteiger partial charge is 0.479 e. The Labute approximate surface area is 94.6 Å². The van der Waals surface area contributed by atoms with Crippen LogP contribution in [0.1, 0.15) is 0 Å². The van der Waals surface area contributed by atoms with Crippen molar-refractivity contribution in [1.82, 2.24) is 9.88 Å². The molecule has 5 heteroatoms. The van der Waals surface area contributed by atoms with Crippen LogP contribution < -0.4 is 9.64 Å². The summed E-state index contributed by atoms with van der Waals surface area (Å²) in [5, 5.41) is 0. The third-order valence-electron chi connectivity index (χ3n) is 2.72. The van der Waals surface area contributed by atoms with Crippen molar-refractivity contribution in [3.63, 3.8) is 0 Å². The van der Waals surface area contributed by atoms with Gasteiger partial charge in [0.15, 0.2) is 5.82 Å². The van der Waals surface area contributed by atoms with E-state index in [-0.39, 0.29) is 5.88 Å². The summed E-state index contributed by atoms with van der Waals surface area (Å²) in [6.07, 6.45) is 1.64. The molecule has 0 aromatic carbocycles. The maximum atomic E-state index is 13.4. The van der Waals surface area contributed by atoms with Gasteiger partial charge in [0, 0.05) is 19.2 Å². The van der Waals surface area contributed by atoms with Gasteiger partial charge >= 0.3 is 0 Å². The molecule has 0 radical (unpaired) electrons. The number of anilines is 1. The third-order valence-corrected chi connectivity index (χ3v) is 2.72. The van der Waals surface area contributed by atoms with E-state index in [4.69, 9.17) is 4.74 Å². The van der Waals surface area contributed by atoms with Crippen molar-refractivity contribution in [2.45, 2.75) is 0 Å². The Morgan fingerprint density at radius 1 is 1.38 bits per heavy atom. The lowest BCUT2D eigenvalue weighted by atomic mass is 10.3. The molecular weight excluding hydrogens is 209 g/mol. The zero-order valence-corrected chi connectivity index (χ0v) is 9.32. The topological polar surface area (TPSA) is 28.6 Å². The third kappa shape index (κ3) is 2.24. The van der Waals surface area contributed by atoms with E-state index in [1.54, 1.807) is 6.20 Å². The fraction of sp³-hybridized carbons (Fsp3) is 0.455. The lowest BCUT2D eigenvalue weighted by Gasteiger charge is -2.38. The van der Waals surface area contributed by atoms with Crippen molar-refractivity contribution in [3.8, 4) is 5.88 Å². The summed E-state index contributed by atoms with van der Waals surface area (Å²) < 4.78 is 18.2. The van der Waals surface area contributed by atoms with Crippen LogP contribution >= 0.6 is 0 Å². The molecule has 0 saturated carbocycles. The Morgan fingerprint density at radius 3 is 2.62 bits per heavy atom. The smallest absolute Gasteiger partial charge is 0.250 e. The van der Waals surface area contributed by atoms with Gasteiger partial charge in [0.05, 0.1) is 19.0 Å². The van der Waals surface area contributed by atoms with Gasteiger partial charge in [0.2, 0.25) is 5.88 Å². The summed E-state index contributed by atoms with van der Waals surface area (Å²) in [6.45, 7) is 3.45. The lowest BCUT2D eigenvalue weighted by molar-refractivity contribution is 0.343. The SMILES string of the molecule is [CH2-]N1CCN(c2cnc(OC)c(F)c2)CC1. The summed E-state index contributed by atoms with van der Waals surface area (Å²) >= 11 is 0. The van der Waals surface area contributed by atoms with Crippen LogP contribution in [0.4, 0.5) is 10.1 Å². The van der Waals surface area contributed by atoms with E-state index in [2.05, 4.69) is 16.9 Å². The van der Waals surface area contributed by atoms with E-state index >= 15 is 0 Å². The van der Waals surface area contributed by atoms with Crippen molar-refractivity contribution >= 4 is 5.69 Å². The number of rotatable bonds is 2. The van der Waals surface area contributed by atoms with E-state index in [1.165, 1.54) is 13.2 Å². The van der Waals surface area contributed by atoms with Gasteiger partial charge in [0.1, 0.15) is 0 Å². The van der Waals surface area contributed by atoms with Crippen molar-refractivity contribution in [1.29, 1.82) is 0 Å². The van der Waals surface area contributed by atoms with Crippen molar-refractivity contribution in [2.75, 3.05) is 38.2 Å². The molecule has 0 aliphatic carbocycles. The number of piperazine rings is 1. The van der Waals surface area contributed by atoms with E-state index in [1.807, 2.05) is 4.90 Å². The molecule has 88 valence electrons. The highest BCUT2D eigenvalue weighted by Gasteiger charge is 2.14. The number of hydrogen-bond donors (Lipinski definition) is 0. The number of methoxy groups -OCH3 is 1. The van der Waals surface area contributed by atoms with Crippen LogP contribution in [0.15, 0.2) is 12.3 Å². The highest BCUT2D eigenvalue weighted by Crippen LogP contribution is 2.21. The summed E-state index contributed by atoms with van der Waals surface area (Å²) in [5.74, 6) is -0.378. The van der Waals surface area contributed by atoms with Gasteiger partial charge in [-0.3, -0.25) is 7.05 Å². The van der Waals surface area contributed by atoms with E-state index in [0.717, 1.165) is 31.9 Å². The molecular formula is C11H15FN3O-. The first kappa shape index (κ1) is 11.1. The first-order chi connectivity index (χ1) is 7.70. The zero-order valence-electron chi connectivity index (χ0n) is 9.32. The van der Waals surface area contributed by atoms with Gasteiger partial charge in [-0.05, 0) is 13.1 Å². The van der Waals surface area contributed by atoms with Gasteiger partial charge in [-0.1, -0.05) is 0 Å². The molecule has 0 atom stereocenters. The molecule has 0 unspecified atom stereocenters. The molecule has 0 N–H and O–H groups in total. The molecule has 1 saturated heterocycles. The molecule has 0 amide bonds. The Morgan fingerprint density at radius 2 is 2.06 bits per heavy atom. The zero-order chi connectivity index (χ0) is 11.5. The van der Waals surface area contributed by atoms with Gasteiger partial charge in [-0.2, -0.15) is 0 Å². The molecule has 1 aromatic rings. The average Bonchev–Trinajstić information content (AvgIpc) is 2.30. The maximum Gasteiger partial charge on any atom is 0.250 e. The van der Waals surface area contributed by atoms with E-state index in [0.29, 0.717) is 0 Å². The fourth-order valence-electron chi connectivity index (χ4n) is 1.74. The molecule has 0 spiro atoms. The molecule has 1 aliphatic rings. The maximum absolute atomic E-state index is 13.4. The molecule has 2 rings (SSSR count). The highest BCUT2D eigenvalue weighted by molar-refractivity contribution is 5.46. The highest BCUT2D eigenvalue weighted by atomic mass is 19.1. The minimum atomic E-state index is -0.419. The van der Waals surface area contributed by atoms with E-state index < -0.39 is 5.82 Å². The standard InChI is InChI=1S/C11H15FN3O/c1-14-3-5-15(6-4-14)9-7-10(12)11(16-2)13-8-9/h7-8H,1,3-6H2,2H3/q-1. The van der Waals surface area contributed by atoms with Gasteiger partial charge in [0.25, 0.3) is 0 Å². The summed E-state index contributed by atoms with van der Waals surface area (Å²) in [4.78, 5) is 8.02. The Hall–Kier alpha value is -1.36. The van der Waals surface area contributed by atoms with Crippen molar-refractivity contribution < 1.29 is 9.13 Å². The monoisotopic (exact) mass is 224 g/mol. The van der Waals surface area contributed by atoms with Gasteiger partial charge < -0.3 is 14.5 Å². The second-order valence-corrected chi connectivity index (χ2v) is 3.79. The van der Waals surface area contributed by atoms with Crippen LogP contribution in [0.3, 0.4) is 0 Å². The minimum absolute atomic E-state index is 0.0412. The second-order valence-electron chi connectivity index (χ2n) is 3.79. The second kappa shape index (κ2) is 4.65. The quantitative estimate of drug-likeness (QED) is 0.704. The van der Waals surface area contributed by atoms with Crippen molar-refractivity contribution in [2.24, 2.45) is 0 Å². The number of hydrogen-bond acceptors (Lipinski definition) is 4. The van der Waals surface area contributed by atoms with Crippen LogP contribution in [0.25, 0.3) is 0 Å². The summed E-state index contributed by atoms with van der Waals surface area (Å²) in [5.41, 5.74) is 0.798. The Kier molecular flexibility index (Phi) is 3.24. The van der Waals surface area contributed by atoms with Crippen LogP contribution in [0, 0.1) is 12.9 Å². The number of nitrogens with zero attached hydrogens (tertiary/aromatic N) is 3. The molecule has 16 heavy (non-hydrogen) atoms. The molecule has 1 fully saturated rings. The van der Waals surface area contributed by atoms with Gasteiger partial charge in [-0.25, -0.2) is 9.37 Å².